The summed E-state index contributed by atoms with van der Waals surface area (Å²) in [5.41, 5.74) is 3.24. The quantitative estimate of drug-likeness (QED) is 0.322. The van der Waals surface area contributed by atoms with E-state index in [1.165, 1.54) is 23.5 Å². The fourth-order valence-electron chi connectivity index (χ4n) is 4.21. The van der Waals surface area contributed by atoms with E-state index in [1.54, 1.807) is 30.7 Å². The second-order valence-corrected chi connectivity index (χ2v) is 8.91. The van der Waals surface area contributed by atoms with Crippen LogP contribution in [-0.2, 0) is 6.42 Å². The SMILES string of the molecule is COc1ccc([C@@H]2CC(=O)c3cc(-c4nc(-c5cccc([N+](=O)[O-])c5)cs4)c(=O)[nH]c3C2)cc1. The Morgan fingerprint density at radius 1 is 1.09 bits per heavy atom. The summed E-state index contributed by atoms with van der Waals surface area (Å²) in [7, 11) is 1.60. The molecule has 1 aliphatic carbocycles. The highest BCUT2D eigenvalue weighted by Crippen LogP contribution is 2.34. The molecule has 0 bridgehead atoms. The zero-order valence-corrected chi connectivity index (χ0v) is 18.9. The molecule has 1 atom stereocenters. The Balaban J connectivity index is 1.46. The molecule has 1 N–H and O–H groups in total. The fraction of sp³-hybridized carbons (Fsp3) is 0.160. The summed E-state index contributed by atoms with van der Waals surface area (Å²) >= 11 is 1.25. The molecule has 8 nitrogen and oxygen atoms in total. The van der Waals surface area contributed by atoms with E-state index in [0.29, 0.717) is 45.9 Å². The molecule has 2 aromatic carbocycles. The molecule has 1 aliphatic rings. The van der Waals surface area contributed by atoms with Crippen LogP contribution in [0.15, 0.2) is 64.8 Å². The molecule has 0 radical (unpaired) electrons. The predicted octanol–water partition coefficient (Wildman–Crippen LogP) is 4.99. The summed E-state index contributed by atoms with van der Waals surface area (Å²) in [6.45, 7) is 0. The Kier molecular flexibility index (Phi) is 5.54. The average molecular weight is 474 g/mol. The van der Waals surface area contributed by atoms with Crippen LogP contribution in [0.4, 0.5) is 5.69 Å². The van der Waals surface area contributed by atoms with E-state index in [1.807, 2.05) is 24.3 Å². The Labute approximate surface area is 198 Å². The highest BCUT2D eigenvalue weighted by atomic mass is 32.1. The molecule has 2 aromatic heterocycles. The van der Waals surface area contributed by atoms with Crippen molar-refractivity contribution in [2.75, 3.05) is 7.11 Å². The van der Waals surface area contributed by atoms with Crippen LogP contribution < -0.4 is 10.3 Å². The third-order valence-electron chi connectivity index (χ3n) is 5.98. The van der Waals surface area contributed by atoms with Gasteiger partial charge in [-0.3, -0.25) is 19.7 Å². The van der Waals surface area contributed by atoms with Crippen LogP contribution >= 0.6 is 11.3 Å². The number of aromatic nitrogens is 2. The summed E-state index contributed by atoms with van der Waals surface area (Å²) in [5, 5.41) is 13.3. The van der Waals surface area contributed by atoms with Crippen molar-refractivity contribution < 1.29 is 14.5 Å². The van der Waals surface area contributed by atoms with Gasteiger partial charge in [-0.2, -0.15) is 0 Å². The first-order valence-corrected chi connectivity index (χ1v) is 11.4. The van der Waals surface area contributed by atoms with Crippen LogP contribution in [0.5, 0.6) is 5.75 Å². The minimum Gasteiger partial charge on any atom is -0.497 e. The number of hydrogen-bond donors (Lipinski definition) is 1. The molecule has 0 saturated carbocycles. The number of rotatable bonds is 5. The van der Waals surface area contributed by atoms with Gasteiger partial charge in [0.25, 0.3) is 11.2 Å². The van der Waals surface area contributed by atoms with Crippen molar-refractivity contribution in [2.24, 2.45) is 0 Å². The summed E-state index contributed by atoms with van der Waals surface area (Å²) in [6.07, 6.45) is 0.904. The number of methoxy groups -OCH3 is 1. The molecule has 0 saturated heterocycles. The van der Waals surface area contributed by atoms with Gasteiger partial charge in [0.2, 0.25) is 0 Å². The molecular weight excluding hydrogens is 454 g/mol. The predicted molar refractivity (Wildman–Crippen MR) is 129 cm³/mol. The number of nitro benzene ring substituents is 1. The van der Waals surface area contributed by atoms with Gasteiger partial charge in [-0.1, -0.05) is 24.3 Å². The van der Waals surface area contributed by atoms with E-state index < -0.39 is 4.92 Å². The zero-order valence-electron chi connectivity index (χ0n) is 18.1. The van der Waals surface area contributed by atoms with Gasteiger partial charge in [0.05, 0.1) is 23.3 Å². The van der Waals surface area contributed by atoms with Crippen LogP contribution in [0.1, 0.15) is 34.0 Å². The summed E-state index contributed by atoms with van der Waals surface area (Å²) in [6, 6.07) is 15.4. The number of nitrogens with one attached hydrogen (secondary N) is 1. The van der Waals surface area contributed by atoms with Crippen LogP contribution in [0.2, 0.25) is 0 Å². The molecule has 170 valence electrons. The number of ether oxygens (including phenoxy) is 1. The molecule has 34 heavy (non-hydrogen) atoms. The van der Waals surface area contributed by atoms with Gasteiger partial charge < -0.3 is 9.72 Å². The maximum Gasteiger partial charge on any atom is 0.270 e. The van der Waals surface area contributed by atoms with E-state index in [4.69, 9.17) is 4.74 Å². The maximum absolute atomic E-state index is 13.0. The number of carbonyl (C=O) groups is 1. The minimum atomic E-state index is -0.463. The minimum absolute atomic E-state index is 0.0206. The van der Waals surface area contributed by atoms with Gasteiger partial charge in [-0.25, -0.2) is 4.98 Å². The lowest BCUT2D eigenvalue weighted by atomic mass is 9.81. The Morgan fingerprint density at radius 2 is 1.88 bits per heavy atom. The number of carbonyl (C=O) groups excluding carboxylic acids is 1. The van der Waals surface area contributed by atoms with E-state index in [9.17, 15) is 19.7 Å². The number of thiazole rings is 1. The lowest BCUT2D eigenvalue weighted by Gasteiger charge is -2.24. The smallest absolute Gasteiger partial charge is 0.270 e. The number of nitro groups is 1. The molecule has 0 amide bonds. The van der Waals surface area contributed by atoms with Crippen LogP contribution in [0, 0.1) is 10.1 Å². The largest absolute Gasteiger partial charge is 0.497 e. The second-order valence-electron chi connectivity index (χ2n) is 8.05. The van der Waals surface area contributed by atoms with Gasteiger partial charge in [0.15, 0.2) is 5.78 Å². The molecule has 5 rings (SSSR count). The Morgan fingerprint density at radius 3 is 2.62 bits per heavy atom. The van der Waals surface area contributed by atoms with Gasteiger partial charge in [-0.15, -0.1) is 11.3 Å². The number of Topliss-reactive ketones (excluding diaryl/α,β-unsaturated/α-hetero) is 1. The van der Waals surface area contributed by atoms with Crippen molar-refractivity contribution in [1.29, 1.82) is 0 Å². The van der Waals surface area contributed by atoms with Crippen LogP contribution in [-0.4, -0.2) is 27.8 Å². The Hall–Kier alpha value is -4.11. The van der Waals surface area contributed by atoms with Crippen molar-refractivity contribution in [3.63, 3.8) is 0 Å². The van der Waals surface area contributed by atoms with Gasteiger partial charge in [0, 0.05) is 40.8 Å². The van der Waals surface area contributed by atoms with E-state index in [0.717, 1.165) is 11.3 Å². The van der Waals surface area contributed by atoms with Crippen molar-refractivity contribution in [3.8, 4) is 27.6 Å². The van der Waals surface area contributed by atoms with Crippen LogP contribution in [0.25, 0.3) is 21.8 Å². The summed E-state index contributed by atoms with van der Waals surface area (Å²) in [4.78, 5) is 43.9. The molecule has 0 aliphatic heterocycles. The summed E-state index contributed by atoms with van der Waals surface area (Å²) < 4.78 is 5.20. The number of nitrogens with zero attached hydrogens (tertiary/aromatic N) is 2. The number of ketones is 1. The second kappa shape index (κ2) is 8.68. The maximum atomic E-state index is 13.0. The van der Waals surface area contributed by atoms with E-state index in [2.05, 4.69) is 9.97 Å². The van der Waals surface area contributed by atoms with Crippen molar-refractivity contribution >= 4 is 22.8 Å². The lowest BCUT2D eigenvalue weighted by molar-refractivity contribution is -0.384. The number of fused-ring (bicyclic) bond motifs is 1. The zero-order chi connectivity index (χ0) is 23.8. The molecule has 0 fully saturated rings. The third kappa shape index (κ3) is 4.01. The first-order chi connectivity index (χ1) is 16.4. The van der Waals surface area contributed by atoms with Crippen molar-refractivity contribution in [2.45, 2.75) is 18.8 Å². The van der Waals surface area contributed by atoms with Crippen LogP contribution in [0.3, 0.4) is 0 Å². The van der Waals surface area contributed by atoms with Gasteiger partial charge >= 0.3 is 0 Å². The first kappa shape index (κ1) is 21.7. The number of benzene rings is 2. The topological polar surface area (TPSA) is 115 Å². The van der Waals surface area contributed by atoms with Crippen molar-refractivity contribution in [3.05, 3.63) is 97.3 Å². The first-order valence-electron chi connectivity index (χ1n) is 10.6. The van der Waals surface area contributed by atoms with Gasteiger partial charge in [-0.05, 0) is 36.1 Å². The third-order valence-corrected chi connectivity index (χ3v) is 6.86. The van der Waals surface area contributed by atoms with E-state index >= 15 is 0 Å². The number of H-pyrrole nitrogens is 1. The lowest BCUT2D eigenvalue weighted by Crippen LogP contribution is -2.24. The average Bonchev–Trinajstić information content (AvgIpc) is 3.34. The number of pyridine rings is 1. The standard InChI is InChI=1S/C25H19N3O5S/c1-33-18-7-5-14(6-8-18)16-10-21-19(23(29)11-16)12-20(24(30)26-21)25-27-22(13-34-25)15-3-2-4-17(9-15)28(31)32/h2-9,12-13,16H,10-11H2,1H3,(H,26,30)/t16-/m0/s1. The molecule has 0 spiro atoms. The fourth-order valence-corrected chi connectivity index (χ4v) is 5.05. The molecule has 4 aromatic rings. The van der Waals surface area contributed by atoms with Crippen molar-refractivity contribution in [1.82, 2.24) is 9.97 Å². The molecular formula is C25H19N3O5S. The molecule has 2 heterocycles. The molecule has 0 unspecified atom stereocenters. The monoisotopic (exact) mass is 473 g/mol. The highest BCUT2D eigenvalue weighted by Gasteiger charge is 2.28. The molecule has 9 heteroatoms. The van der Waals surface area contributed by atoms with E-state index in [-0.39, 0.29) is 22.9 Å². The summed E-state index contributed by atoms with van der Waals surface area (Å²) in [5.74, 6) is 0.694. The highest BCUT2D eigenvalue weighted by molar-refractivity contribution is 7.13. The number of non-ortho nitro benzene ring substituents is 1. The Bertz CT molecular complexity index is 1470. The number of hydrogen-bond acceptors (Lipinski definition) is 7. The number of aromatic amines is 1. The normalized spacial score (nSPS) is 15.1. The van der Waals surface area contributed by atoms with Gasteiger partial charge in [0.1, 0.15) is 10.8 Å².